The first-order valence-corrected chi connectivity index (χ1v) is 6.77. The van der Waals surface area contributed by atoms with E-state index >= 15 is 0 Å². The maximum Gasteiger partial charge on any atom is 0.225 e. The summed E-state index contributed by atoms with van der Waals surface area (Å²) in [7, 11) is -3.37. The van der Waals surface area contributed by atoms with Crippen molar-refractivity contribution in [2.75, 3.05) is 31.9 Å². The number of hydrogen-bond donors (Lipinski definition) is 1. The van der Waals surface area contributed by atoms with Crippen LogP contribution >= 0.6 is 0 Å². The van der Waals surface area contributed by atoms with Gasteiger partial charge in [-0.2, -0.15) is 5.26 Å². The molecule has 0 aliphatic heterocycles. The lowest BCUT2D eigenvalue weighted by Crippen LogP contribution is -2.30. The molecule has 0 aliphatic rings. The summed E-state index contributed by atoms with van der Waals surface area (Å²) in [5, 5.41) is 8.25. The van der Waals surface area contributed by atoms with E-state index in [0.717, 1.165) is 26.1 Å². The van der Waals surface area contributed by atoms with Gasteiger partial charge >= 0.3 is 0 Å². The fourth-order valence-electron chi connectivity index (χ4n) is 1.21. The molecule has 0 atom stereocenters. The zero-order chi connectivity index (χ0) is 11.7. The summed E-state index contributed by atoms with van der Waals surface area (Å²) >= 11 is 0. The first-order valence-electron chi connectivity index (χ1n) is 5.12. The predicted octanol–water partition coefficient (Wildman–Crippen LogP) is 0.161. The lowest BCUT2D eigenvalue weighted by molar-refractivity contribution is 0.300. The van der Waals surface area contributed by atoms with Gasteiger partial charge in [0.1, 0.15) is 0 Å². The third-order valence-electron chi connectivity index (χ3n) is 2.12. The quantitative estimate of drug-likeness (QED) is 0.606. The van der Waals surface area contributed by atoms with Gasteiger partial charge in [0, 0.05) is 6.54 Å². The molecule has 1 N–H and O–H groups in total. The molecule has 0 spiro atoms. The molecule has 0 unspecified atom stereocenters. The van der Waals surface area contributed by atoms with Crippen molar-refractivity contribution in [2.45, 2.75) is 20.3 Å². The normalized spacial score (nSPS) is 11.6. The number of nitrogens with one attached hydrogen (secondary N) is 1. The first-order chi connectivity index (χ1) is 7.05. The largest absolute Gasteiger partial charge is 0.304 e. The van der Waals surface area contributed by atoms with Gasteiger partial charge < -0.3 is 4.90 Å². The van der Waals surface area contributed by atoms with E-state index in [1.165, 1.54) is 0 Å². The molecule has 0 saturated carbocycles. The Balaban J connectivity index is 3.68. The molecule has 0 saturated heterocycles. The standard InChI is InChI=1S/C9H19N3O2S/c1-3-12(4-2)8-5-7-11-15(13,14)9-6-10/h11H,3-5,7-9H2,1-2H3. The smallest absolute Gasteiger partial charge is 0.225 e. The Bertz CT molecular complexity index is 291. The second-order valence-electron chi connectivity index (χ2n) is 3.19. The van der Waals surface area contributed by atoms with E-state index in [2.05, 4.69) is 23.5 Å². The van der Waals surface area contributed by atoms with Gasteiger partial charge in [0.05, 0.1) is 6.07 Å². The van der Waals surface area contributed by atoms with Gasteiger partial charge in [0.25, 0.3) is 0 Å². The molecule has 88 valence electrons. The molecule has 0 radical (unpaired) electrons. The second-order valence-corrected chi connectivity index (χ2v) is 5.00. The van der Waals surface area contributed by atoms with E-state index in [-0.39, 0.29) is 0 Å². The number of nitrogens with zero attached hydrogens (tertiary/aromatic N) is 2. The molecule has 0 aliphatic carbocycles. The van der Waals surface area contributed by atoms with Crippen LogP contribution < -0.4 is 4.72 Å². The maximum atomic E-state index is 11.1. The second kappa shape index (κ2) is 7.63. The molecule has 0 heterocycles. The Morgan fingerprint density at radius 2 is 1.93 bits per heavy atom. The summed E-state index contributed by atoms with van der Waals surface area (Å²) < 4.78 is 24.5. The molecule has 0 aromatic heterocycles. The van der Waals surface area contributed by atoms with Crippen molar-refractivity contribution in [2.24, 2.45) is 0 Å². The van der Waals surface area contributed by atoms with E-state index in [9.17, 15) is 8.42 Å². The number of sulfonamides is 1. The van der Waals surface area contributed by atoms with Crippen LogP contribution in [0.1, 0.15) is 20.3 Å². The lowest BCUT2D eigenvalue weighted by atomic mass is 10.4. The molecular weight excluding hydrogens is 214 g/mol. The molecule has 0 bridgehead atoms. The third kappa shape index (κ3) is 7.31. The van der Waals surface area contributed by atoms with Crippen LogP contribution in [0.25, 0.3) is 0 Å². The van der Waals surface area contributed by atoms with Crippen LogP contribution in [-0.2, 0) is 10.0 Å². The minimum Gasteiger partial charge on any atom is -0.304 e. The highest BCUT2D eigenvalue weighted by Gasteiger charge is 2.07. The van der Waals surface area contributed by atoms with Crippen molar-refractivity contribution in [3.63, 3.8) is 0 Å². The monoisotopic (exact) mass is 233 g/mol. The van der Waals surface area contributed by atoms with Crippen LogP contribution in [0, 0.1) is 11.3 Å². The van der Waals surface area contributed by atoms with Gasteiger partial charge in [0.15, 0.2) is 5.75 Å². The van der Waals surface area contributed by atoms with Gasteiger partial charge in [-0.05, 0) is 26.1 Å². The third-order valence-corrected chi connectivity index (χ3v) is 3.28. The Morgan fingerprint density at radius 3 is 2.40 bits per heavy atom. The average molecular weight is 233 g/mol. The van der Waals surface area contributed by atoms with Crippen LogP contribution in [0.3, 0.4) is 0 Å². The Hall–Kier alpha value is -0.640. The molecule has 0 aromatic rings. The van der Waals surface area contributed by atoms with Crippen LogP contribution in [0.4, 0.5) is 0 Å². The Morgan fingerprint density at radius 1 is 1.33 bits per heavy atom. The Kier molecular flexibility index (Phi) is 7.30. The van der Waals surface area contributed by atoms with Crippen molar-refractivity contribution in [3.8, 4) is 6.07 Å². The van der Waals surface area contributed by atoms with Crippen molar-refractivity contribution in [1.29, 1.82) is 5.26 Å². The molecule has 0 fully saturated rings. The molecule has 5 nitrogen and oxygen atoms in total. The number of nitriles is 1. The molecule has 6 heteroatoms. The summed E-state index contributed by atoms with van der Waals surface area (Å²) in [5.74, 6) is -0.460. The summed E-state index contributed by atoms with van der Waals surface area (Å²) in [6, 6.07) is 1.62. The minimum atomic E-state index is -3.37. The summed E-state index contributed by atoms with van der Waals surface area (Å²) in [5.41, 5.74) is 0. The topological polar surface area (TPSA) is 73.2 Å². The van der Waals surface area contributed by atoms with E-state index in [4.69, 9.17) is 5.26 Å². The highest BCUT2D eigenvalue weighted by atomic mass is 32.2. The SMILES string of the molecule is CCN(CC)CCCNS(=O)(=O)CC#N. The van der Waals surface area contributed by atoms with Crippen LogP contribution in [0.5, 0.6) is 0 Å². The Labute approximate surface area is 92.1 Å². The molecule has 0 aromatic carbocycles. The van der Waals surface area contributed by atoms with Crippen LogP contribution in [0.15, 0.2) is 0 Å². The van der Waals surface area contributed by atoms with Gasteiger partial charge in [-0.3, -0.25) is 0 Å². The van der Waals surface area contributed by atoms with Crippen molar-refractivity contribution >= 4 is 10.0 Å². The number of hydrogen-bond acceptors (Lipinski definition) is 4. The first kappa shape index (κ1) is 14.4. The van der Waals surface area contributed by atoms with Crippen LogP contribution in [-0.4, -0.2) is 45.2 Å². The van der Waals surface area contributed by atoms with Gasteiger partial charge in [-0.15, -0.1) is 0 Å². The van der Waals surface area contributed by atoms with Crippen LogP contribution in [0.2, 0.25) is 0 Å². The summed E-state index contributed by atoms with van der Waals surface area (Å²) in [6.45, 7) is 7.37. The number of rotatable bonds is 8. The predicted molar refractivity (Wildman–Crippen MR) is 59.8 cm³/mol. The maximum absolute atomic E-state index is 11.1. The fraction of sp³-hybridized carbons (Fsp3) is 0.889. The van der Waals surface area contributed by atoms with Crippen molar-refractivity contribution in [3.05, 3.63) is 0 Å². The van der Waals surface area contributed by atoms with E-state index in [1.807, 2.05) is 0 Å². The molecule has 0 amide bonds. The van der Waals surface area contributed by atoms with E-state index in [0.29, 0.717) is 6.54 Å². The van der Waals surface area contributed by atoms with E-state index < -0.39 is 15.8 Å². The lowest BCUT2D eigenvalue weighted by Gasteiger charge is -2.17. The average Bonchev–Trinajstić information content (AvgIpc) is 2.18. The van der Waals surface area contributed by atoms with Gasteiger partial charge in [-0.25, -0.2) is 13.1 Å². The summed E-state index contributed by atoms with van der Waals surface area (Å²) in [4.78, 5) is 2.22. The van der Waals surface area contributed by atoms with Gasteiger partial charge in [0.2, 0.25) is 10.0 Å². The van der Waals surface area contributed by atoms with Crippen molar-refractivity contribution < 1.29 is 8.42 Å². The highest BCUT2D eigenvalue weighted by molar-refractivity contribution is 7.89. The zero-order valence-corrected chi connectivity index (χ0v) is 10.2. The minimum absolute atomic E-state index is 0.403. The molecule has 0 rings (SSSR count). The fourth-order valence-corrected chi connectivity index (χ4v) is 1.93. The summed E-state index contributed by atoms with van der Waals surface area (Å²) in [6.07, 6.45) is 0.770. The highest BCUT2D eigenvalue weighted by Crippen LogP contribution is 1.90. The van der Waals surface area contributed by atoms with E-state index in [1.54, 1.807) is 6.07 Å². The van der Waals surface area contributed by atoms with Gasteiger partial charge in [-0.1, -0.05) is 13.8 Å². The zero-order valence-electron chi connectivity index (χ0n) is 9.36. The molecule has 15 heavy (non-hydrogen) atoms. The molecular formula is C9H19N3O2S. The van der Waals surface area contributed by atoms with Crippen molar-refractivity contribution in [1.82, 2.24) is 9.62 Å².